The van der Waals surface area contributed by atoms with Gasteiger partial charge in [-0.25, -0.2) is 4.79 Å². The van der Waals surface area contributed by atoms with Gasteiger partial charge in [0, 0.05) is 6.42 Å². The Bertz CT molecular complexity index is 465. The van der Waals surface area contributed by atoms with E-state index >= 15 is 0 Å². The maximum absolute atomic E-state index is 11.2. The van der Waals surface area contributed by atoms with Gasteiger partial charge in [-0.05, 0) is 12.8 Å². The van der Waals surface area contributed by atoms with Crippen LogP contribution in [0.3, 0.4) is 0 Å². The van der Waals surface area contributed by atoms with Crippen molar-refractivity contribution in [2.75, 3.05) is 13.0 Å². The van der Waals surface area contributed by atoms with Crippen LogP contribution in [-0.4, -0.2) is 39.4 Å². The van der Waals surface area contributed by atoms with Gasteiger partial charge in [0.05, 0.1) is 6.26 Å². The number of carbonyl (C=O) groups excluding carboxylic acids is 3. The molecule has 0 spiro atoms. The van der Waals surface area contributed by atoms with Crippen LogP contribution >= 0.6 is 0 Å². The van der Waals surface area contributed by atoms with Crippen LogP contribution in [0.2, 0.25) is 0 Å². The minimum atomic E-state index is -3.85. The number of cyclic esters (lactones) is 2. The second kappa shape index (κ2) is 7.20. The molecule has 0 atom stereocenters. The zero-order valence-corrected chi connectivity index (χ0v) is 11.5. The Morgan fingerprint density at radius 2 is 1.85 bits per heavy atom. The standard InChI is InChI=1S/C10H14O9S/c1-20(14,15)19-18-8(11)5-3-2-4-7-9(12)16-6-17-10(7)13/h7H,2-6H2,1H3. The summed E-state index contributed by atoms with van der Waals surface area (Å²) in [6.07, 6.45) is 1.47. The molecule has 1 fully saturated rings. The van der Waals surface area contributed by atoms with Crippen molar-refractivity contribution in [3.63, 3.8) is 0 Å². The average Bonchev–Trinajstić information content (AvgIpc) is 2.34. The fraction of sp³-hybridized carbons (Fsp3) is 0.700. The lowest BCUT2D eigenvalue weighted by Gasteiger charge is -2.19. The van der Waals surface area contributed by atoms with Crippen molar-refractivity contribution in [1.82, 2.24) is 0 Å². The van der Waals surface area contributed by atoms with Gasteiger partial charge in [-0.1, -0.05) is 10.8 Å². The molecule has 0 bridgehead atoms. The van der Waals surface area contributed by atoms with E-state index in [2.05, 4.69) is 18.7 Å². The summed E-state index contributed by atoms with van der Waals surface area (Å²) in [4.78, 5) is 37.6. The highest BCUT2D eigenvalue weighted by Crippen LogP contribution is 2.17. The molecule has 1 aliphatic heterocycles. The molecular formula is C10H14O9S. The van der Waals surface area contributed by atoms with Crippen LogP contribution in [-0.2, 0) is 43.2 Å². The van der Waals surface area contributed by atoms with E-state index in [0.717, 1.165) is 6.26 Å². The number of unbranched alkanes of at least 4 members (excludes halogenated alkanes) is 1. The summed E-state index contributed by atoms with van der Waals surface area (Å²) in [6, 6.07) is 0. The van der Waals surface area contributed by atoms with Crippen molar-refractivity contribution in [3.05, 3.63) is 0 Å². The van der Waals surface area contributed by atoms with E-state index in [1.54, 1.807) is 0 Å². The highest BCUT2D eigenvalue weighted by atomic mass is 32.2. The highest BCUT2D eigenvalue weighted by Gasteiger charge is 2.33. The summed E-state index contributed by atoms with van der Waals surface area (Å²) in [6.45, 7) is -0.372. The third kappa shape index (κ3) is 5.97. The van der Waals surface area contributed by atoms with Gasteiger partial charge in [0.15, 0.2) is 5.92 Å². The molecule has 1 heterocycles. The Morgan fingerprint density at radius 1 is 1.25 bits per heavy atom. The Morgan fingerprint density at radius 3 is 2.40 bits per heavy atom. The van der Waals surface area contributed by atoms with Crippen LogP contribution in [0.5, 0.6) is 0 Å². The van der Waals surface area contributed by atoms with Crippen molar-refractivity contribution >= 4 is 28.0 Å². The Labute approximate surface area is 115 Å². The lowest BCUT2D eigenvalue weighted by molar-refractivity contribution is -0.211. The summed E-state index contributed by atoms with van der Waals surface area (Å²) < 4.78 is 34.0. The molecule has 0 amide bonds. The first-order chi connectivity index (χ1) is 9.29. The normalized spacial score (nSPS) is 16.4. The molecule has 0 aromatic carbocycles. The largest absolute Gasteiger partial charge is 0.427 e. The number of ether oxygens (including phenoxy) is 2. The van der Waals surface area contributed by atoms with Gasteiger partial charge in [0.25, 0.3) is 10.1 Å². The maximum Gasteiger partial charge on any atom is 0.343 e. The van der Waals surface area contributed by atoms with Crippen LogP contribution in [0.4, 0.5) is 0 Å². The first-order valence-corrected chi connectivity index (χ1v) is 7.53. The van der Waals surface area contributed by atoms with Gasteiger partial charge >= 0.3 is 17.9 Å². The lowest BCUT2D eigenvalue weighted by atomic mass is 10.0. The van der Waals surface area contributed by atoms with E-state index in [1.807, 2.05) is 0 Å². The van der Waals surface area contributed by atoms with Crippen molar-refractivity contribution in [1.29, 1.82) is 0 Å². The molecule has 0 aromatic heterocycles. The third-order valence-corrected chi connectivity index (χ3v) is 2.66. The van der Waals surface area contributed by atoms with Crippen LogP contribution in [0, 0.1) is 5.92 Å². The van der Waals surface area contributed by atoms with Gasteiger partial charge in [-0.2, -0.15) is 8.42 Å². The molecule has 0 aromatic rings. The molecular weight excluding hydrogens is 296 g/mol. The third-order valence-electron chi connectivity index (χ3n) is 2.35. The molecule has 0 N–H and O–H groups in total. The number of carbonyl (C=O) groups is 3. The summed E-state index contributed by atoms with van der Waals surface area (Å²) in [5, 5.41) is 0. The number of hydrogen-bond acceptors (Lipinski definition) is 9. The van der Waals surface area contributed by atoms with E-state index in [9.17, 15) is 22.8 Å². The summed E-state index contributed by atoms with van der Waals surface area (Å²) in [7, 11) is -3.85. The highest BCUT2D eigenvalue weighted by molar-refractivity contribution is 7.85. The van der Waals surface area contributed by atoms with E-state index in [-0.39, 0.29) is 19.6 Å². The van der Waals surface area contributed by atoms with Crippen molar-refractivity contribution in [2.45, 2.75) is 25.7 Å². The predicted molar refractivity (Wildman–Crippen MR) is 61.0 cm³/mol. The van der Waals surface area contributed by atoms with Crippen LogP contribution in [0.1, 0.15) is 25.7 Å². The molecule has 0 radical (unpaired) electrons. The second-order valence-corrected chi connectivity index (χ2v) is 5.61. The van der Waals surface area contributed by atoms with Gasteiger partial charge in [0.1, 0.15) is 0 Å². The van der Waals surface area contributed by atoms with Crippen LogP contribution < -0.4 is 0 Å². The molecule has 0 aliphatic carbocycles. The topological polar surface area (TPSA) is 122 Å². The summed E-state index contributed by atoms with van der Waals surface area (Å²) in [5.41, 5.74) is 0. The van der Waals surface area contributed by atoms with Gasteiger partial charge in [-0.3, -0.25) is 14.5 Å². The van der Waals surface area contributed by atoms with E-state index < -0.39 is 33.9 Å². The van der Waals surface area contributed by atoms with Gasteiger partial charge < -0.3 is 9.47 Å². The molecule has 1 rings (SSSR count). The van der Waals surface area contributed by atoms with Crippen LogP contribution in [0.25, 0.3) is 0 Å². The Hall–Kier alpha value is -1.68. The molecule has 10 heteroatoms. The fourth-order valence-electron chi connectivity index (χ4n) is 1.44. The minimum Gasteiger partial charge on any atom is -0.427 e. The summed E-state index contributed by atoms with van der Waals surface area (Å²) in [5.74, 6) is -3.13. The average molecular weight is 310 g/mol. The van der Waals surface area contributed by atoms with Crippen molar-refractivity contribution < 1.29 is 41.5 Å². The predicted octanol–water partition coefficient (Wildman–Crippen LogP) is -0.345. The molecule has 1 aliphatic rings. The SMILES string of the molecule is CS(=O)(=O)OOC(=O)CCCCC1C(=O)OCOC1=O. The zero-order valence-electron chi connectivity index (χ0n) is 10.7. The molecule has 9 nitrogen and oxygen atoms in total. The van der Waals surface area contributed by atoms with E-state index in [4.69, 9.17) is 0 Å². The van der Waals surface area contributed by atoms with E-state index in [1.165, 1.54) is 0 Å². The monoisotopic (exact) mass is 310 g/mol. The number of esters is 2. The first-order valence-electron chi connectivity index (χ1n) is 5.72. The van der Waals surface area contributed by atoms with E-state index in [0.29, 0.717) is 12.8 Å². The lowest BCUT2D eigenvalue weighted by Crippen LogP contribution is -2.34. The van der Waals surface area contributed by atoms with Gasteiger partial charge in [0.2, 0.25) is 6.79 Å². The maximum atomic E-state index is 11.2. The molecule has 0 saturated carbocycles. The Balaban J connectivity index is 2.19. The van der Waals surface area contributed by atoms with Crippen LogP contribution in [0.15, 0.2) is 0 Å². The first kappa shape index (κ1) is 16.4. The summed E-state index contributed by atoms with van der Waals surface area (Å²) >= 11 is 0. The molecule has 1 saturated heterocycles. The van der Waals surface area contributed by atoms with Gasteiger partial charge in [-0.15, -0.1) is 0 Å². The van der Waals surface area contributed by atoms with Crippen molar-refractivity contribution in [3.8, 4) is 0 Å². The minimum absolute atomic E-state index is 0.105. The quantitative estimate of drug-likeness (QED) is 0.204. The zero-order chi connectivity index (χ0) is 15.2. The molecule has 114 valence electrons. The number of rotatable bonds is 7. The second-order valence-electron chi connectivity index (χ2n) is 4.07. The fourth-order valence-corrected chi connectivity index (χ4v) is 1.64. The molecule has 20 heavy (non-hydrogen) atoms. The number of hydrogen-bond donors (Lipinski definition) is 0. The van der Waals surface area contributed by atoms with Crippen molar-refractivity contribution in [2.24, 2.45) is 5.92 Å². The molecule has 0 unspecified atom stereocenters. The Kier molecular flexibility index (Phi) is 5.89. The smallest absolute Gasteiger partial charge is 0.343 e.